The number of morpholine rings is 1. The van der Waals surface area contributed by atoms with Gasteiger partial charge < -0.3 is 20.1 Å². The highest BCUT2D eigenvalue weighted by Crippen LogP contribution is 2.07. The first-order valence-corrected chi connectivity index (χ1v) is 10.6. The molecule has 0 saturated carbocycles. The summed E-state index contributed by atoms with van der Waals surface area (Å²) in [4.78, 5) is 6.80. The number of rotatable bonds is 11. The lowest BCUT2D eigenvalue weighted by Crippen LogP contribution is -2.50. The van der Waals surface area contributed by atoms with E-state index < -0.39 is 0 Å². The summed E-state index contributed by atoms with van der Waals surface area (Å²) in [6, 6.07) is 10.3. The molecule has 6 heteroatoms. The van der Waals surface area contributed by atoms with Gasteiger partial charge in [-0.2, -0.15) is 0 Å². The van der Waals surface area contributed by atoms with Crippen molar-refractivity contribution in [1.82, 2.24) is 15.5 Å². The van der Waals surface area contributed by atoms with Crippen LogP contribution in [0, 0.1) is 5.92 Å². The number of hydrogen-bond acceptors (Lipinski definition) is 4. The summed E-state index contributed by atoms with van der Waals surface area (Å²) >= 11 is 0. The normalized spacial score (nSPS) is 18.4. The SMILES string of the molecule is CN=C(NCCCCOCc1ccccc1)NCC1CN(CC(C)C)CCO1. The first kappa shape index (κ1) is 22.7. The molecule has 28 heavy (non-hydrogen) atoms. The van der Waals surface area contributed by atoms with Gasteiger partial charge in [0.1, 0.15) is 0 Å². The lowest BCUT2D eigenvalue weighted by molar-refractivity contribution is -0.0284. The number of ether oxygens (including phenoxy) is 2. The number of aliphatic imine (C=N–C) groups is 1. The van der Waals surface area contributed by atoms with Gasteiger partial charge in [-0.05, 0) is 24.3 Å². The van der Waals surface area contributed by atoms with Gasteiger partial charge in [-0.1, -0.05) is 44.2 Å². The van der Waals surface area contributed by atoms with E-state index >= 15 is 0 Å². The Morgan fingerprint density at radius 3 is 2.82 bits per heavy atom. The van der Waals surface area contributed by atoms with Crippen molar-refractivity contribution in [3.63, 3.8) is 0 Å². The molecule has 1 heterocycles. The Kier molecular flexibility index (Phi) is 10.9. The van der Waals surface area contributed by atoms with E-state index in [1.165, 1.54) is 5.56 Å². The van der Waals surface area contributed by atoms with E-state index in [1.54, 1.807) is 0 Å². The Balaban J connectivity index is 1.51. The molecule has 0 amide bonds. The molecule has 1 aliphatic heterocycles. The molecule has 1 aromatic carbocycles. The Morgan fingerprint density at radius 2 is 2.07 bits per heavy atom. The van der Waals surface area contributed by atoms with Gasteiger partial charge in [0.25, 0.3) is 0 Å². The summed E-state index contributed by atoms with van der Waals surface area (Å²) in [5.74, 6) is 1.53. The number of nitrogens with one attached hydrogen (secondary N) is 2. The number of benzene rings is 1. The first-order chi connectivity index (χ1) is 13.7. The van der Waals surface area contributed by atoms with Gasteiger partial charge >= 0.3 is 0 Å². The van der Waals surface area contributed by atoms with E-state index in [-0.39, 0.29) is 6.10 Å². The summed E-state index contributed by atoms with van der Waals surface area (Å²) in [6.07, 6.45) is 2.31. The minimum Gasteiger partial charge on any atom is -0.377 e. The average Bonchev–Trinajstić information content (AvgIpc) is 2.70. The molecule has 1 saturated heterocycles. The van der Waals surface area contributed by atoms with Crippen molar-refractivity contribution in [2.75, 3.05) is 53.0 Å². The molecule has 1 unspecified atom stereocenters. The lowest BCUT2D eigenvalue weighted by Gasteiger charge is -2.34. The number of unbranched alkanes of at least 4 members (excludes halogenated alkanes) is 1. The summed E-state index contributed by atoms with van der Waals surface area (Å²) in [5, 5.41) is 6.77. The zero-order chi connectivity index (χ0) is 20.0. The minimum atomic E-state index is 0.220. The summed E-state index contributed by atoms with van der Waals surface area (Å²) < 4.78 is 11.6. The summed E-state index contributed by atoms with van der Waals surface area (Å²) in [5.41, 5.74) is 1.22. The molecule has 6 nitrogen and oxygen atoms in total. The van der Waals surface area contributed by atoms with Crippen molar-refractivity contribution >= 4 is 5.96 Å². The van der Waals surface area contributed by atoms with Crippen LogP contribution in [0.3, 0.4) is 0 Å². The molecule has 2 rings (SSSR count). The molecule has 1 fully saturated rings. The molecule has 0 bridgehead atoms. The molecule has 0 spiro atoms. The third-order valence-corrected chi connectivity index (χ3v) is 4.69. The summed E-state index contributed by atoms with van der Waals surface area (Å²) in [7, 11) is 1.81. The van der Waals surface area contributed by atoms with Gasteiger partial charge in [0.2, 0.25) is 0 Å². The topological polar surface area (TPSA) is 58.1 Å². The second-order valence-electron chi connectivity index (χ2n) is 7.77. The van der Waals surface area contributed by atoms with Gasteiger partial charge in [-0.25, -0.2) is 0 Å². The smallest absolute Gasteiger partial charge is 0.191 e. The monoisotopic (exact) mass is 390 g/mol. The maximum Gasteiger partial charge on any atom is 0.191 e. The van der Waals surface area contributed by atoms with Gasteiger partial charge in [0, 0.05) is 46.4 Å². The largest absolute Gasteiger partial charge is 0.377 e. The van der Waals surface area contributed by atoms with E-state index in [9.17, 15) is 0 Å². The highest BCUT2D eigenvalue weighted by Gasteiger charge is 2.20. The third kappa shape index (κ3) is 9.53. The van der Waals surface area contributed by atoms with Crippen molar-refractivity contribution < 1.29 is 9.47 Å². The molecule has 1 atom stereocenters. The van der Waals surface area contributed by atoms with E-state index in [1.807, 2.05) is 25.2 Å². The molecular formula is C22H38N4O2. The molecule has 0 radical (unpaired) electrons. The Bertz CT molecular complexity index is 551. The van der Waals surface area contributed by atoms with Crippen LogP contribution in [0.2, 0.25) is 0 Å². The molecule has 1 aliphatic rings. The van der Waals surface area contributed by atoms with E-state index in [0.717, 1.165) is 64.7 Å². The van der Waals surface area contributed by atoms with Gasteiger partial charge in [-0.15, -0.1) is 0 Å². The number of nitrogens with zero attached hydrogens (tertiary/aromatic N) is 2. The molecule has 0 aromatic heterocycles. The highest BCUT2D eigenvalue weighted by atomic mass is 16.5. The van der Waals surface area contributed by atoms with Gasteiger partial charge in [0.15, 0.2) is 5.96 Å². The van der Waals surface area contributed by atoms with Crippen LogP contribution in [0.25, 0.3) is 0 Å². The fourth-order valence-corrected chi connectivity index (χ4v) is 3.32. The number of hydrogen-bond donors (Lipinski definition) is 2. The van der Waals surface area contributed by atoms with E-state index in [0.29, 0.717) is 12.5 Å². The van der Waals surface area contributed by atoms with Crippen LogP contribution in [-0.2, 0) is 16.1 Å². The van der Waals surface area contributed by atoms with E-state index in [2.05, 4.69) is 46.5 Å². The Morgan fingerprint density at radius 1 is 1.25 bits per heavy atom. The lowest BCUT2D eigenvalue weighted by atomic mass is 10.2. The zero-order valence-corrected chi connectivity index (χ0v) is 17.8. The van der Waals surface area contributed by atoms with Crippen molar-refractivity contribution in [1.29, 1.82) is 0 Å². The highest BCUT2D eigenvalue weighted by molar-refractivity contribution is 5.79. The molecule has 2 N–H and O–H groups in total. The Hall–Kier alpha value is -1.63. The average molecular weight is 391 g/mol. The Labute approximate surface area is 170 Å². The van der Waals surface area contributed by atoms with Crippen LogP contribution in [0.1, 0.15) is 32.3 Å². The quantitative estimate of drug-likeness (QED) is 0.345. The predicted molar refractivity (Wildman–Crippen MR) is 116 cm³/mol. The fraction of sp³-hybridized carbons (Fsp3) is 0.682. The zero-order valence-electron chi connectivity index (χ0n) is 17.8. The predicted octanol–water partition coefficient (Wildman–Crippen LogP) is 2.51. The van der Waals surface area contributed by atoms with Gasteiger partial charge in [0.05, 0.1) is 19.3 Å². The third-order valence-electron chi connectivity index (χ3n) is 4.69. The van der Waals surface area contributed by atoms with Crippen molar-refractivity contribution in [3.8, 4) is 0 Å². The van der Waals surface area contributed by atoms with Crippen LogP contribution < -0.4 is 10.6 Å². The standard InChI is InChI=1S/C22H38N4O2/c1-19(2)16-26-12-14-28-21(17-26)15-25-22(23-3)24-11-7-8-13-27-18-20-9-5-4-6-10-20/h4-6,9-10,19,21H,7-8,11-18H2,1-3H3,(H2,23,24,25). The molecule has 0 aliphatic carbocycles. The number of guanidine groups is 1. The van der Waals surface area contributed by atoms with Crippen molar-refractivity contribution in [2.45, 2.75) is 39.4 Å². The summed E-state index contributed by atoms with van der Waals surface area (Å²) in [6.45, 7) is 11.6. The maximum atomic E-state index is 5.89. The van der Waals surface area contributed by atoms with E-state index in [4.69, 9.17) is 9.47 Å². The van der Waals surface area contributed by atoms with Crippen LogP contribution in [0.5, 0.6) is 0 Å². The van der Waals surface area contributed by atoms with Crippen molar-refractivity contribution in [2.24, 2.45) is 10.9 Å². The van der Waals surface area contributed by atoms with Crippen molar-refractivity contribution in [3.05, 3.63) is 35.9 Å². The fourth-order valence-electron chi connectivity index (χ4n) is 3.32. The minimum absolute atomic E-state index is 0.220. The van der Waals surface area contributed by atoms with Crippen LogP contribution in [0.4, 0.5) is 0 Å². The van der Waals surface area contributed by atoms with Crippen LogP contribution in [0.15, 0.2) is 35.3 Å². The van der Waals surface area contributed by atoms with Gasteiger partial charge in [-0.3, -0.25) is 9.89 Å². The maximum absolute atomic E-state index is 5.89. The molecule has 158 valence electrons. The molecular weight excluding hydrogens is 352 g/mol. The molecule has 1 aromatic rings. The van der Waals surface area contributed by atoms with Crippen LogP contribution in [-0.4, -0.2) is 69.9 Å². The second-order valence-corrected chi connectivity index (χ2v) is 7.77. The first-order valence-electron chi connectivity index (χ1n) is 10.6. The second kappa shape index (κ2) is 13.5. The van der Waals surface area contributed by atoms with Crippen LogP contribution >= 0.6 is 0 Å².